The number of benzene rings is 1. The predicted octanol–water partition coefficient (Wildman–Crippen LogP) is 4.35. The van der Waals surface area contributed by atoms with Gasteiger partial charge in [0.05, 0.1) is 12.2 Å². The van der Waals surface area contributed by atoms with Crippen LogP contribution in [0.25, 0.3) is 0 Å². The fraction of sp³-hybridized carbons (Fsp3) is 0.429. The normalized spacial score (nSPS) is 29.1. The number of aliphatic hydroxyl groups excluding tert-OH is 1. The lowest BCUT2D eigenvalue weighted by atomic mass is 9.86. The van der Waals surface area contributed by atoms with Crippen LogP contribution in [0.3, 0.4) is 0 Å². The van der Waals surface area contributed by atoms with Crippen molar-refractivity contribution in [3.05, 3.63) is 57.5 Å². The lowest BCUT2D eigenvalue weighted by molar-refractivity contribution is -0.0767. The number of rotatable bonds is 6. The van der Waals surface area contributed by atoms with Crippen molar-refractivity contribution in [1.82, 2.24) is 4.98 Å². The molecule has 1 aliphatic carbocycles. The molecule has 154 valence electrons. The summed E-state index contributed by atoms with van der Waals surface area (Å²) in [5, 5.41) is 22.4. The van der Waals surface area contributed by atoms with Gasteiger partial charge >= 0.3 is 5.97 Å². The Morgan fingerprint density at radius 1 is 1.41 bits per heavy atom. The highest BCUT2D eigenvalue weighted by molar-refractivity contribution is 7.09. The standard InChI is InChI=1S/C21H22ClNO5S/c22-12-3-1-4-13(9-12)27-8-2-5-14-15-6-7-18(28-19(15)10-17(14)24)20-23-16(11-29-20)21(25)26/h1-5,9,11,14-15,17-19,24H,6-8,10H2,(H,25,26)/b5-2+/t14-,15-,17-,18-,19+/m1/s1. The Hall–Kier alpha value is -1.93. The maximum absolute atomic E-state index is 11.0. The van der Waals surface area contributed by atoms with Gasteiger partial charge in [-0.2, -0.15) is 0 Å². The second-order valence-corrected chi connectivity index (χ2v) is 8.68. The molecule has 0 unspecified atom stereocenters. The summed E-state index contributed by atoms with van der Waals surface area (Å²) in [5.74, 6) is -0.0555. The van der Waals surface area contributed by atoms with E-state index in [-0.39, 0.29) is 29.7 Å². The number of fused-ring (bicyclic) bond motifs is 1. The minimum absolute atomic E-state index is 0.0230. The molecule has 4 rings (SSSR count). The van der Waals surface area contributed by atoms with Crippen LogP contribution in [0.4, 0.5) is 0 Å². The zero-order chi connectivity index (χ0) is 20.4. The SMILES string of the molecule is O=C(O)c1csc([C@H]2CC[C@@H]3[C@@H](/C=C/COc4cccc(Cl)c4)[C@H](O)C[C@@H]3O2)n1. The van der Waals surface area contributed by atoms with Crippen LogP contribution >= 0.6 is 22.9 Å². The highest BCUT2D eigenvalue weighted by atomic mass is 35.5. The lowest BCUT2D eigenvalue weighted by Crippen LogP contribution is -2.30. The van der Waals surface area contributed by atoms with E-state index in [1.807, 2.05) is 24.3 Å². The molecule has 1 aromatic heterocycles. The van der Waals surface area contributed by atoms with E-state index in [2.05, 4.69) is 4.98 Å². The average Bonchev–Trinajstić information content (AvgIpc) is 3.30. The maximum Gasteiger partial charge on any atom is 0.355 e. The Morgan fingerprint density at radius 2 is 2.28 bits per heavy atom. The van der Waals surface area contributed by atoms with Crippen molar-refractivity contribution < 1.29 is 24.5 Å². The Balaban J connectivity index is 1.33. The minimum atomic E-state index is -1.03. The van der Waals surface area contributed by atoms with Gasteiger partial charge in [0.15, 0.2) is 5.69 Å². The summed E-state index contributed by atoms with van der Waals surface area (Å²) in [5.41, 5.74) is 0.0580. The molecular formula is C21H22ClNO5S. The van der Waals surface area contributed by atoms with Crippen LogP contribution in [0, 0.1) is 11.8 Å². The summed E-state index contributed by atoms with van der Waals surface area (Å²) in [6.07, 6.45) is 5.49. The smallest absolute Gasteiger partial charge is 0.355 e. The molecule has 0 bridgehead atoms. The quantitative estimate of drug-likeness (QED) is 0.656. The van der Waals surface area contributed by atoms with E-state index in [0.29, 0.717) is 28.8 Å². The number of hydrogen-bond donors (Lipinski definition) is 2. The first-order valence-electron chi connectivity index (χ1n) is 9.58. The van der Waals surface area contributed by atoms with Gasteiger partial charge in [-0.15, -0.1) is 11.3 Å². The second-order valence-electron chi connectivity index (χ2n) is 7.36. The first-order valence-corrected chi connectivity index (χ1v) is 10.8. The van der Waals surface area contributed by atoms with E-state index in [1.54, 1.807) is 17.5 Å². The van der Waals surface area contributed by atoms with Gasteiger partial charge in [-0.1, -0.05) is 29.8 Å². The molecule has 0 spiro atoms. The summed E-state index contributed by atoms with van der Waals surface area (Å²) >= 11 is 7.27. The number of aliphatic hydroxyl groups is 1. The summed E-state index contributed by atoms with van der Waals surface area (Å²) in [7, 11) is 0. The second kappa shape index (κ2) is 8.83. The number of carbonyl (C=O) groups is 1. The third-order valence-electron chi connectivity index (χ3n) is 5.51. The van der Waals surface area contributed by atoms with Crippen LogP contribution in [0.2, 0.25) is 5.02 Å². The number of thiazole rings is 1. The third kappa shape index (κ3) is 4.64. The molecule has 2 heterocycles. The van der Waals surface area contributed by atoms with Crippen molar-refractivity contribution in [3.63, 3.8) is 0 Å². The summed E-state index contributed by atoms with van der Waals surface area (Å²) in [6, 6.07) is 7.25. The molecular weight excluding hydrogens is 414 g/mol. The Kier molecular flexibility index (Phi) is 6.20. The number of aromatic carboxylic acids is 1. The summed E-state index contributed by atoms with van der Waals surface area (Å²) < 4.78 is 11.9. The van der Waals surface area contributed by atoms with Crippen LogP contribution < -0.4 is 4.74 Å². The van der Waals surface area contributed by atoms with Gasteiger partial charge in [-0.25, -0.2) is 9.78 Å². The number of carboxylic acids is 1. The van der Waals surface area contributed by atoms with Crippen LogP contribution in [-0.4, -0.2) is 40.0 Å². The molecule has 0 amide bonds. The van der Waals surface area contributed by atoms with Gasteiger partial charge in [-0.05, 0) is 37.0 Å². The predicted molar refractivity (Wildman–Crippen MR) is 110 cm³/mol. The van der Waals surface area contributed by atoms with Crippen LogP contribution in [0.5, 0.6) is 5.75 Å². The molecule has 1 aliphatic heterocycles. The van der Waals surface area contributed by atoms with Crippen molar-refractivity contribution in [2.45, 2.75) is 37.6 Å². The van der Waals surface area contributed by atoms with E-state index in [4.69, 9.17) is 26.2 Å². The number of aromatic nitrogens is 1. The van der Waals surface area contributed by atoms with Crippen molar-refractivity contribution in [2.75, 3.05) is 6.61 Å². The molecule has 2 aliphatic rings. The molecule has 29 heavy (non-hydrogen) atoms. The van der Waals surface area contributed by atoms with Crippen LogP contribution in [-0.2, 0) is 4.74 Å². The molecule has 6 nitrogen and oxygen atoms in total. The number of hydrogen-bond acceptors (Lipinski definition) is 6. The molecule has 5 atom stereocenters. The number of carboxylic acid groups (broad SMARTS) is 1. The van der Waals surface area contributed by atoms with Crippen LogP contribution in [0.1, 0.15) is 40.9 Å². The van der Waals surface area contributed by atoms with Crippen molar-refractivity contribution in [2.24, 2.45) is 11.8 Å². The Labute approximate surface area is 177 Å². The topological polar surface area (TPSA) is 88.9 Å². The zero-order valence-corrected chi connectivity index (χ0v) is 17.2. The van der Waals surface area contributed by atoms with Gasteiger partial charge in [0.2, 0.25) is 0 Å². The third-order valence-corrected chi connectivity index (χ3v) is 6.68. The number of nitrogens with zero attached hydrogens (tertiary/aromatic N) is 1. The van der Waals surface area contributed by atoms with Gasteiger partial charge in [0.1, 0.15) is 23.5 Å². The van der Waals surface area contributed by atoms with E-state index >= 15 is 0 Å². The van der Waals surface area contributed by atoms with Crippen molar-refractivity contribution >= 4 is 28.9 Å². The molecule has 8 heteroatoms. The highest BCUT2D eigenvalue weighted by Crippen LogP contribution is 2.46. The number of halogens is 1. The first kappa shape index (κ1) is 20.3. The monoisotopic (exact) mass is 435 g/mol. The van der Waals surface area contributed by atoms with Gasteiger partial charge in [0, 0.05) is 22.7 Å². The van der Waals surface area contributed by atoms with Crippen LogP contribution in [0.15, 0.2) is 41.8 Å². The fourth-order valence-electron chi connectivity index (χ4n) is 4.16. The van der Waals surface area contributed by atoms with Gasteiger partial charge in [-0.3, -0.25) is 0 Å². The molecule has 1 saturated carbocycles. The van der Waals surface area contributed by atoms with Crippen molar-refractivity contribution in [1.29, 1.82) is 0 Å². The summed E-state index contributed by atoms with van der Waals surface area (Å²) in [6.45, 7) is 0.404. The largest absolute Gasteiger partial charge is 0.489 e. The molecule has 2 N–H and O–H groups in total. The fourth-order valence-corrected chi connectivity index (χ4v) is 5.20. The molecule has 2 fully saturated rings. The average molecular weight is 436 g/mol. The lowest BCUT2D eigenvalue weighted by Gasteiger charge is -2.33. The molecule has 1 aromatic carbocycles. The van der Waals surface area contributed by atoms with E-state index < -0.39 is 12.1 Å². The van der Waals surface area contributed by atoms with Crippen molar-refractivity contribution in [3.8, 4) is 5.75 Å². The Morgan fingerprint density at radius 3 is 3.03 bits per heavy atom. The van der Waals surface area contributed by atoms with Gasteiger partial charge < -0.3 is 19.7 Å². The van der Waals surface area contributed by atoms with E-state index in [1.165, 1.54) is 11.3 Å². The number of ether oxygens (including phenoxy) is 2. The van der Waals surface area contributed by atoms with Gasteiger partial charge in [0.25, 0.3) is 0 Å². The first-order chi connectivity index (χ1) is 14.0. The maximum atomic E-state index is 11.0. The molecule has 0 radical (unpaired) electrons. The zero-order valence-electron chi connectivity index (χ0n) is 15.6. The Bertz CT molecular complexity index is 901. The van der Waals surface area contributed by atoms with E-state index in [0.717, 1.165) is 12.8 Å². The molecule has 1 saturated heterocycles. The minimum Gasteiger partial charge on any atom is -0.489 e. The molecule has 2 aromatic rings. The highest BCUT2D eigenvalue weighted by Gasteiger charge is 2.45. The van der Waals surface area contributed by atoms with E-state index in [9.17, 15) is 9.90 Å². The summed E-state index contributed by atoms with van der Waals surface area (Å²) in [4.78, 5) is 15.2.